The number of hydrogen-bond acceptors (Lipinski definition) is 6. The number of nitrogens with zero attached hydrogens (tertiary/aromatic N) is 2. The summed E-state index contributed by atoms with van der Waals surface area (Å²) in [6.07, 6.45) is 1.20. The standard InChI is InChI=1S/C21H29N3O3/c1-6-13(4)15-11-9-10-12-17(15)27-16(7-2)19-18(20(25)26-8-3)14(5)23-21(22)24-19/h9-13,16H,6-8H2,1-5H3,(H2,22,23,24). The van der Waals surface area contributed by atoms with Gasteiger partial charge in [0.15, 0.2) is 0 Å². The molecule has 2 atom stereocenters. The fourth-order valence-corrected chi connectivity index (χ4v) is 3.01. The van der Waals surface area contributed by atoms with E-state index in [1.807, 2.05) is 25.1 Å². The van der Waals surface area contributed by atoms with Crippen molar-refractivity contribution in [1.29, 1.82) is 0 Å². The van der Waals surface area contributed by atoms with Crippen molar-refractivity contribution in [3.05, 3.63) is 46.8 Å². The van der Waals surface area contributed by atoms with Crippen LogP contribution in [0.3, 0.4) is 0 Å². The minimum atomic E-state index is -0.456. The van der Waals surface area contributed by atoms with Gasteiger partial charge < -0.3 is 15.2 Å². The summed E-state index contributed by atoms with van der Waals surface area (Å²) in [7, 11) is 0. The lowest BCUT2D eigenvalue weighted by Gasteiger charge is -2.23. The molecule has 0 aliphatic rings. The maximum absolute atomic E-state index is 12.5. The summed E-state index contributed by atoms with van der Waals surface area (Å²) in [6.45, 7) is 10.1. The number of anilines is 1. The van der Waals surface area contributed by atoms with Gasteiger partial charge in [-0.15, -0.1) is 0 Å². The number of esters is 1. The molecule has 6 nitrogen and oxygen atoms in total. The summed E-state index contributed by atoms with van der Waals surface area (Å²) in [6, 6.07) is 7.97. The first-order valence-corrected chi connectivity index (χ1v) is 9.49. The van der Waals surface area contributed by atoms with Crippen LogP contribution in [-0.4, -0.2) is 22.5 Å². The molecule has 1 heterocycles. The lowest BCUT2D eigenvalue weighted by atomic mass is 9.97. The van der Waals surface area contributed by atoms with Gasteiger partial charge in [-0.3, -0.25) is 0 Å². The number of nitrogens with two attached hydrogens (primary N) is 1. The highest BCUT2D eigenvalue weighted by molar-refractivity contribution is 5.92. The zero-order chi connectivity index (χ0) is 20.0. The number of para-hydroxylation sites is 1. The van der Waals surface area contributed by atoms with E-state index in [1.54, 1.807) is 13.8 Å². The predicted molar refractivity (Wildman–Crippen MR) is 106 cm³/mol. The molecule has 2 N–H and O–H groups in total. The topological polar surface area (TPSA) is 87.3 Å². The van der Waals surface area contributed by atoms with Crippen molar-refractivity contribution in [2.45, 2.75) is 59.5 Å². The minimum absolute atomic E-state index is 0.118. The van der Waals surface area contributed by atoms with Gasteiger partial charge in [-0.25, -0.2) is 14.8 Å². The Bertz CT molecular complexity index is 792. The van der Waals surface area contributed by atoms with Crippen molar-refractivity contribution in [3.8, 4) is 5.75 Å². The SMILES string of the molecule is CCOC(=O)c1c(C)nc(N)nc1C(CC)Oc1ccccc1C(C)CC. The van der Waals surface area contributed by atoms with Gasteiger partial charge in [0.2, 0.25) is 5.95 Å². The van der Waals surface area contributed by atoms with Crippen LogP contribution in [-0.2, 0) is 4.74 Å². The van der Waals surface area contributed by atoms with Gasteiger partial charge in [-0.2, -0.15) is 0 Å². The van der Waals surface area contributed by atoms with Gasteiger partial charge in [0, 0.05) is 0 Å². The number of ether oxygens (including phenoxy) is 2. The summed E-state index contributed by atoms with van der Waals surface area (Å²) >= 11 is 0. The largest absolute Gasteiger partial charge is 0.484 e. The second-order valence-electron chi connectivity index (χ2n) is 6.51. The third-order valence-corrected chi connectivity index (χ3v) is 4.62. The number of aromatic nitrogens is 2. The first-order chi connectivity index (χ1) is 12.9. The number of carbonyl (C=O) groups is 1. The monoisotopic (exact) mass is 371 g/mol. The second-order valence-corrected chi connectivity index (χ2v) is 6.51. The van der Waals surface area contributed by atoms with Crippen molar-refractivity contribution in [3.63, 3.8) is 0 Å². The average Bonchev–Trinajstić information content (AvgIpc) is 2.65. The van der Waals surface area contributed by atoms with Crippen LogP contribution < -0.4 is 10.5 Å². The molecule has 0 fully saturated rings. The molecule has 0 spiro atoms. The van der Waals surface area contributed by atoms with Gasteiger partial charge in [0.1, 0.15) is 23.1 Å². The Morgan fingerprint density at radius 2 is 1.85 bits per heavy atom. The van der Waals surface area contributed by atoms with E-state index in [0.29, 0.717) is 29.3 Å². The van der Waals surface area contributed by atoms with Crippen molar-refractivity contribution >= 4 is 11.9 Å². The van der Waals surface area contributed by atoms with Crippen LogP contribution in [0.15, 0.2) is 24.3 Å². The fourth-order valence-electron chi connectivity index (χ4n) is 3.01. The number of hydrogen-bond donors (Lipinski definition) is 1. The summed E-state index contributed by atoms with van der Waals surface area (Å²) < 4.78 is 11.5. The quantitative estimate of drug-likeness (QED) is 0.683. The third-order valence-electron chi connectivity index (χ3n) is 4.62. The molecule has 27 heavy (non-hydrogen) atoms. The van der Waals surface area contributed by atoms with E-state index in [2.05, 4.69) is 29.9 Å². The van der Waals surface area contributed by atoms with E-state index in [1.165, 1.54) is 0 Å². The Morgan fingerprint density at radius 1 is 1.15 bits per heavy atom. The lowest BCUT2D eigenvalue weighted by molar-refractivity contribution is 0.0517. The first-order valence-electron chi connectivity index (χ1n) is 9.49. The molecule has 0 saturated carbocycles. The number of carbonyl (C=O) groups excluding carboxylic acids is 1. The lowest BCUT2D eigenvalue weighted by Crippen LogP contribution is -2.20. The smallest absolute Gasteiger partial charge is 0.342 e. The van der Waals surface area contributed by atoms with Crippen LogP contribution in [0.4, 0.5) is 5.95 Å². The van der Waals surface area contributed by atoms with Gasteiger partial charge in [-0.1, -0.05) is 39.0 Å². The van der Waals surface area contributed by atoms with Crippen LogP contribution in [0, 0.1) is 6.92 Å². The molecule has 0 aliphatic heterocycles. The zero-order valence-electron chi connectivity index (χ0n) is 16.8. The highest BCUT2D eigenvalue weighted by Gasteiger charge is 2.27. The van der Waals surface area contributed by atoms with Gasteiger partial charge in [-0.05, 0) is 44.2 Å². The van der Waals surface area contributed by atoms with Crippen molar-refractivity contribution in [1.82, 2.24) is 9.97 Å². The Hall–Kier alpha value is -2.63. The molecule has 0 bridgehead atoms. The number of aryl methyl sites for hydroxylation is 1. The predicted octanol–water partition coefficient (Wildman–Crippen LogP) is 4.59. The molecule has 0 amide bonds. The Morgan fingerprint density at radius 3 is 2.48 bits per heavy atom. The van der Waals surface area contributed by atoms with Crippen molar-refractivity contribution in [2.24, 2.45) is 0 Å². The third kappa shape index (κ3) is 4.76. The first kappa shape index (κ1) is 20.7. The van der Waals surface area contributed by atoms with Crippen LogP contribution in [0.2, 0.25) is 0 Å². The van der Waals surface area contributed by atoms with Crippen LogP contribution in [0.1, 0.15) is 79.9 Å². The van der Waals surface area contributed by atoms with E-state index in [4.69, 9.17) is 15.2 Å². The second kappa shape index (κ2) is 9.35. The maximum atomic E-state index is 12.5. The van der Waals surface area contributed by atoms with E-state index < -0.39 is 12.1 Å². The number of nitrogen functional groups attached to an aromatic ring is 1. The van der Waals surface area contributed by atoms with Crippen LogP contribution >= 0.6 is 0 Å². The Balaban J connectivity index is 2.49. The van der Waals surface area contributed by atoms with E-state index in [-0.39, 0.29) is 12.6 Å². The zero-order valence-corrected chi connectivity index (χ0v) is 16.8. The van der Waals surface area contributed by atoms with Gasteiger partial charge in [0.05, 0.1) is 12.3 Å². The Labute approximate surface area is 161 Å². The molecule has 0 aliphatic carbocycles. The average molecular weight is 371 g/mol. The highest BCUT2D eigenvalue weighted by atomic mass is 16.5. The summed E-state index contributed by atoms with van der Waals surface area (Å²) in [5, 5.41) is 0. The normalized spacial score (nSPS) is 13.1. The molecular formula is C21H29N3O3. The van der Waals surface area contributed by atoms with Crippen LogP contribution in [0.25, 0.3) is 0 Å². The molecule has 1 aromatic heterocycles. The van der Waals surface area contributed by atoms with E-state index in [0.717, 1.165) is 17.7 Å². The molecular weight excluding hydrogens is 342 g/mol. The molecule has 1 aromatic carbocycles. The van der Waals surface area contributed by atoms with E-state index >= 15 is 0 Å². The summed E-state index contributed by atoms with van der Waals surface area (Å²) in [4.78, 5) is 21.0. The fraction of sp³-hybridized carbons (Fsp3) is 0.476. The summed E-state index contributed by atoms with van der Waals surface area (Å²) in [5.41, 5.74) is 8.29. The number of rotatable bonds is 8. The molecule has 0 saturated heterocycles. The molecule has 146 valence electrons. The van der Waals surface area contributed by atoms with Crippen molar-refractivity contribution < 1.29 is 14.3 Å². The minimum Gasteiger partial charge on any atom is -0.484 e. The van der Waals surface area contributed by atoms with Gasteiger partial charge >= 0.3 is 5.97 Å². The molecule has 2 rings (SSSR count). The van der Waals surface area contributed by atoms with Crippen molar-refractivity contribution in [2.75, 3.05) is 12.3 Å². The van der Waals surface area contributed by atoms with Crippen LogP contribution in [0.5, 0.6) is 5.75 Å². The van der Waals surface area contributed by atoms with Gasteiger partial charge in [0.25, 0.3) is 0 Å². The molecule has 0 radical (unpaired) electrons. The number of benzene rings is 1. The maximum Gasteiger partial charge on any atom is 0.342 e. The Kier molecular flexibility index (Phi) is 7.16. The summed E-state index contributed by atoms with van der Waals surface area (Å²) in [5.74, 6) is 0.818. The molecule has 2 aromatic rings. The van der Waals surface area contributed by atoms with E-state index in [9.17, 15) is 4.79 Å². The molecule has 6 heteroatoms. The highest BCUT2D eigenvalue weighted by Crippen LogP contribution is 2.34. The molecule has 2 unspecified atom stereocenters.